The van der Waals surface area contributed by atoms with Crippen LogP contribution in [0.25, 0.3) is 22.5 Å². The smallest absolute Gasteiger partial charge is 0.269 e. The van der Waals surface area contributed by atoms with E-state index in [4.69, 9.17) is 14.2 Å². The molecule has 3 heterocycles. The number of aromatic nitrogens is 4. The van der Waals surface area contributed by atoms with Gasteiger partial charge in [0, 0.05) is 36.3 Å². The Hall–Kier alpha value is -4.40. The van der Waals surface area contributed by atoms with Crippen LogP contribution in [0.4, 0.5) is 0 Å². The summed E-state index contributed by atoms with van der Waals surface area (Å²) in [4.78, 5) is 21.4. The molecule has 0 atom stereocenters. The van der Waals surface area contributed by atoms with Crippen molar-refractivity contribution in [3.8, 4) is 39.8 Å². The van der Waals surface area contributed by atoms with Crippen LogP contribution < -0.4 is 19.5 Å². The number of carbonyl (C=O) groups is 1. The normalized spacial score (nSPS) is 10.5. The van der Waals surface area contributed by atoms with E-state index in [1.165, 1.54) is 0 Å². The quantitative estimate of drug-likeness (QED) is 0.427. The van der Waals surface area contributed by atoms with Gasteiger partial charge >= 0.3 is 0 Å². The van der Waals surface area contributed by atoms with Gasteiger partial charge in [-0.25, -0.2) is 0 Å². The Bertz CT molecular complexity index is 1230. The molecule has 9 nitrogen and oxygen atoms in total. The Morgan fingerprint density at radius 3 is 2.39 bits per heavy atom. The van der Waals surface area contributed by atoms with Gasteiger partial charge in [0.25, 0.3) is 5.91 Å². The minimum atomic E-state index is -0.290. The number of carbonyl (C=O) groups excluding carboxylic acids is 1. The van der Waals surface area contributed by atoms with Crippen molar-refractivity contribution in [2.45, 2.75) is 6.54 Å². The highest BCUT2D eigenvalue weighted by atomic mass is 16.5. The lowest BCUT2D eigenvalue weighted by Crippen LogP contribution is -2.23. The van der Waals surface area contributed by atoms with Crippen molar-refractivity contribution in [1.29, 1.82) is 0 Å². The molecule has 33 heavy (non-hydrogen) atoms. The van der Waals surface area contributed by atoms with Crippen LogP contribution in [-0.2, 0) is 6.54 Å². The van der Waals surface area contributed by atoms with Crippen LogP contribution in [0.5, 0.6) is 17.2 Å². The number of nitrogens with zero attached hydrogens (tertiary/aromatic N) is 3. The third-order valence-corrected chi connectivity index (χ3v) is 5.05. The van der Waals surface area contributed by atoms with Gasteiger partial charge in [-0.15, -0.1) is 0 Å². The van der Waals surface area contributed by atoms with E-state index < -0.39 is 0 Å². The summed E-state index contributed by atoms with van der Waals surface area (Å²) in [7, 11) is 4.63. The molecule has 4 aromatic rings. The lowest BCUT2D eigenvalue weighted by Gasteiger charge is -2.13. The van der Waals surface area contributed by atoms with Gasteiger partial charge in [-0.05, 0) is 42.0 Å². The molecule has 0 aliphatic carbocycles. The van der Waals surface area contributed by atoms with Gasteiger partial charge < -0.3 is 19.5 Å². The molecule has 4 rings (SSSR count). The van der Waals surface area contributed by atoms with E-state index in [9.17, 15) is 4.79 Å². The fraction of sp³-hybridized carbons (Fsp3) is 0.167. The molecule has 9 heteroatoms. The standard InChI is InChI=1S/C24H23N5O4/c1-31-20-10-17(11-21(32-2)23(20)33-3)18-12-19(29-28-18)24(30)27-14-16-7-5-9-26-22(16)15-6-4-8-25-13-15/h4-13H,14H2,1-3H3,(H,27,30)(H,28,29). The lowest BCUT2D eigenvalue weighted by atomic mass is 10.1. The summed E-state index contributed by atoms with van der Waals surface area (Å²) in [6.45, 7) is 0.301. The molecule has 1 aromatic carbocycles. The molecule has 0 fully saturated rings. The molecule has 3 aromatic heterocycles. The van der Waals surface area contributed by atoms with Gasteiger partial charge in [-0.3, -0.25) is 19.9 Å². The largest absolute Gasteiger partial charge is 0.493 e. The number of aromatic amines is 1. The first-order valence-corrected chi connectivity index (χ1v) is 10.1. The number of ether oxygens (including phenoxy) is 3. The second kappa shape index (κ2) is 9.82. The number of nitrogens with one attached hydrogen (secondary N) is 2. The third kappa shape index (κ3) is 4.62. The van der Waals surface area contributed by atoms with Crippen LogP contribution in [-0.4, -0.2) is 47.4 Å². The maximum Gasteiger partial charge on any atom is 0.269 e. The number of benzene rings is 1. The second-order valence-corrected chi connectivity index (χ2v) is 7.02. The summed E-state index contributed by atoms with van der Waals surface area (Å²) in [6.07, 6.45) is 5.16. The van der Waals surface area contributed by atoms with Crippen molar-refractivity contribution >= 4 is 5.91 Å². The number of amides is 1. The first-order chi connectivity index (χ1) is 16.1. The van der Waals surface area contributed by atoms with Crippen molar-refractivity contribution in [2.24, 2.45) is 0 Å². The summed E-state index contributed by atoms with van der Waals surface area (Å²) < 4.78 is 16.2. The van der Waals surface area contributed by atoms with Crippen molar-refractivity contribution in [1.82, 2.24) is 25.5 Å². The van der Waals surface area contributed by atoms with E-state index >= 15 is 0 Å². The molecule has 0 bridgehead atoms. The van der Waals surface area contributed by atoms with E-state index in [2.05, 4.69) is 25.5 Å². The number of methoxy groups -OCH3 is 3. The first-order valence-electron chi connectivity index (χ1n) is 10.1. The average molecular weight is 445 g/mol. The maximum atomic E-state index is 12.8. The zero-order valence-electron chi connectivity index (χ0n) is 18.5. The predicted molar refractivity (Wildman–Crippen MR) is 122 cm³/mol. The van der Waals surface area contributed by atoms with Gasteiger partial charge in [0.2, 0.25) is 5.75 Å². The Morgan fingerprint density at radius 2 is 1.73 bits per heavy atom. The van der Waals surface area contributed by atoms with Crippen molar-refractivity contribution < 1.29 is 19.0 Å². The minimum absolute atomic E-state index is 0.290. The Balaban J connectivity index is 1.52. The van der Waals surface area contributed by atoms with Crippen LogP contribution in [0.15, 0.2) is 61.1 Å². The third-order valence-electron chi connectivity index (χ3n) is 5.05. The van der Waals surface area contributed by atoms with Gasteiger partial charge in [0.05, 0.1) is 32.7 Å². The fourth-order valence-corrected chi connectivity index (χ4v) is 3.43. The molecule has 0 radical (unpaired) electrons. The zero-order valence-corrected chi connectivity index (χ0v) is 18.5. The van der Waals surface area contributed by atoms with Gasteiger partial charge in [0.1, 0.15) is 5.69 Å². The van der Waals surface area contributed by atoms with E-state index in [0.29, 0.717) is 40.7 Å². The highest BCUT2D eigenvalue weighted by Gasteiger charge is 2.17. The molecule has 0 aliphatic rings. The number of rotatable bonds is 8. The average Bonchev–Trinajstić information content (AvgIpc) is 3.37. The molecule has 2 N–H and O–H groups in total. The molecular weight excluding hydrogens is 422 g/mol. The number of pyridine rings is 2. The molecule has 0 saturated carbocycles. The van der Waals surface area contributed by atoms with Crippen LogP contribution >= 0.6 is 0 Å². The van der Waals surface area contributed by atoms with E-state index in [1.54, 1.807) is 58.1 Å². The molecule has 168 valence electrons. The minimum Gasteiger partial charge on any atom is -0.493 e. The number of H-pyrrole nitrogens is 1. The van der Waals surface area contributed by atoms with Gasteiger partial charge in [-0.1, -0.05) is 6.07 Å². The van der Waals surface area contributed by atoms with Crippen LogP contribution in [0.1, 0.15) is 16.1 Å². The molecule has 0 aliphatic heterocycles. The second-order valence-electron chi connectivity index (χ2n) is 7.02. The Labute approximate surface area is 190 Å². The molecule has 0 spiro atoms. The van der Waals surface area contributed by atoms with Crippen molar-refractivity contribution in [2.75, 3.05) is 21.3 Å². The van der Waals surface area contributed by atoms with E-state index in [1.807, 2.05) is 24.3 Å². The fourth-order valence-electron chi connectivity index (χ4n) is 3.43. The number of hydrogen-bond donors (Lipinski definition) is 2. The molecule has 0 unspecified atom stereocenters. The summed E-state index contributed by atoms with van der Waals surface area (Å²) >= 11 is 0. The highest BCUT2D eigenvalue weighted by Crippen LogP contribution is 2.40. The monoisotopic (exact) mass is 445 g/mol. The number of hydrogen-bond acceptors (Lipinski definition) is 7. The Morgan fingerprint density at radius 1 is 0.970 bits per heavy atom. The molecule has 0 saturated heterocycles. The van der Waals surface area contributed by atoms with E-state index in [-0.39, 0.29) is 5.91 Å². The SMILES string of the molecule is COc1cc(-c2cc(C(=O)NCc3cccnc3-c3cccnc3)[nH]n2)cc(OC)c1OC. The van der Waals surface area contributed by atoms with Gasteiger partial charge in [-0.2, -0.15) is 5.10 Å². The maximum absolute atomic E-state index is 12.8. The van der Waals surface area contributed by atoms with Crippen LogP contribution in [0.3, 0.4) is 0 Å². The summed E-state index contributed by atoms with van der Waals surface area (Å²) in [5.41, 5.74) is 4.14. The van der Waals surface area contributed by atoms with Crippen molar-refractivity contribution in [3.05, 3.63) is 72.3 Å². The molecule has 1 amide bonds. The van der Waals surface area contributed by atoms with E-state index in [0.717, 1.165) is 16.8 Å². The Kier molecular flexibility index (Phi) is 6.49. The van der Waals surface area contributed by atoms with Crippen LogP contribution in [0.2, 0.25) is 0 Å². The summed E-state index contributed by atoms with van der Waals surface area (Å²) in [5.74, 6) is 1.20. The topological polar surface area (TPSA) is 111 Å². The zero-order chi connectivity index (χ0) is 23.2. The summed E-state index contributed by atoms with van der Waals surface area (Å²) in [5, 5.41) is 9.98. The highest BCUT2D eigenvalue weighted by molar-refractivity contribution is 5.93. The predicted octanol–water partition coefficient (Wildman–Crippen LogP) is 3.49. The van der Waals surface area contributed by atoms with Crippen LogP contribution in [0, 0.1) is 0 Å². The molecular formula is C24H23N5O4. The van der Waals surface area contributed by atoms with Crippen molar-refractivity contribution in [3.63, 3.8) is 0 Å². The van der Waals surface area contributed by atoms with Gasteiger partial charge in [0.15, 0.2) is 11.5 Å². The summed E-state index contributed by atoms with van der Waals surface area (Å²) in [6, 6.07) is 12.7. The first kappa shape index (κ1) is 21.8. The lowest BCUT2D eigenvalue weighted by molar-refractivity contribution is 0.0946.